The summed E-state index contributed by atoms with van der Waals surface area (Å²) in [6.07, 6.45) is 0. The Hall–Kier alpha value is 2.96. The maximum absolute atomic E-state index is 7.25. The van der Waals surface area contributed by atoms with Gasteiger partial charge in [-0.05, 0) is 0 Å². The topological polar surface area (TPSA) is 489 Å². The fourth-order valence-electron chi connectivity index (χ4n) is 0. The van der Waals surface area contributed by atoms with Gasteiger partial charge in [-0.2, -0.15) is 0 Å². The number of nitrogens with zero attached hydrogens (tertiary/aromatic N) is 8. The first kappa shape index (κ1) is 165. The van der Waals surface area contributed by atoms with Gasteiger partial charge in [0, 0.05) is 68.3 Å². The Kier molecular flexibility index (Phi) is 2650. The number of hydrogen-bond donors (Lipinski definition) is 4. The van der Waals surface area contributed by atoms with E-state index in [0.29, 0.717) is 0 Å². The molecule has 0 aromatic rings. The van der Waals surface area contributed by atoms with Crippen molar-refractivity contribution in [3.8, 4) is 0 Å². The number of rotatable bonds is 4. The van der Waals surface area contributed by atoms with Gasteiger partial charge in [-0.1, -0.05) is 0 Å². The molecule has 0 aromatic carbocycles. The Bertz CT molecular complexity index is 182. The SMILES string of the molecule is O.O.[Fe].[Fe].[Fe].[Fe].[I-].[I-].[I-].[I-].[NH3+]CC[S-].[NH3+]CC[S-].[NH3+]CC[S-].[NH3+]CC[S-].[N]=O.[N]=O.[N]=O.[N]=O.[N]=O.[N]=O.[N]=O.[N]=O. The molecule has 0 aliphatic rings. The standard InChI is InChI=1S/4C2H7NS.4Fe.4HI.8NO.2H2O/c4*3-1-2-4;;;;;;;;;8*1-2;;/h4*4H,1-3H2;;;;;4*1H;;;;;;;;;2*1H2/p-4. The minimum absolute atomic E-state index is 0. The summed E-state index contributed by atoms with van der Waals surface area (Å²) >= 11 is 18.0. The maximum Gasteiger partial charge on any atom is 0.120 e. The van der Waals surface area contributed by atoms with Crippen LogP contribution in [-0.2, 0) is 119 Å². The predicted molar refractivity (Wildman–Crippen MR) is 131 cm³/mol. The normalized spacial score (nSPS) is 3.62. The molecule has 0 fully saturated rings. The minimum atomic E-state index is 0. The molecular weight excluding hydrogens is 1280 g/mol. The van der Waals surface area contributed by atoms with Crippen LogP contribution in [0.2, 0.25) is 0 Å². The van der Waals surface area contributed by atoms with Crippen LogP contribution in [0.15, 0.2) is 0 Å². The summed E-state index contributed by atoms with van der Waals surface area (Å²) in [5.74, 6) is 3.17. The Labute approximate surface area is 376 Å². The number of nitroso groups, excluding NO2 is 8. The zero-order valence-corrected chi connectivity index (χ0v) is 37.2. The fraction of sp³-hybridized carbons (Fsp3) is 1.00. The van der Waals surface area contributed by atoms with Crippen LogP contribution >= 0.6 is 0 Å². The van der Waals surface area contributed by atoms with Crippen molar-refractivity contribution in [2.75, 3.05) is 49.2 Å². The van der Waals surface area contributed by atoms with E-state index >= 15 is 0 Å². The molecule has 0 rings (SSSR count). The van der Waals surface area contributed by atoms with Crippen LogP contribution < -0.4 is 164 Å². The summed E-state index contributed by atoms with van der Waals surface area (Å²) in [7, 11) is 0. The molecule has 0 unspecified atom stereocenters. The summed E-state index contributed by atoms with van der Waals surface area (Å²) in [6.45, 7) is 3.54. The van der Waals surface area contributed by atoms with Gasteiger partial charge in [-0.25, -0.2) is 0 Å². The van der Waals surface area contributed by atoms with Gasteiger partial charge in [0.2, 0.25) is 0 Å². The summed E-state index contributed by atoms with van der Waals surface area (Å²) in [5.41, 5.74) is 60.0. The summed E-state index contributed by atoms with van der Waals surface area (Å²) in [5, 5.41) is 0. The van der Waals surface area contributed by atoms with E-state index in [0.717, 1.165) is 49.2 Å². The molecule has 0 amide bonds. The van der Waals surface area contributed by atoms with Crippen LogP contribution in [-0.4, -0.2) is 60.1 Å². The summed E-state index contributed by atoms with van der Waals surface area (Å²) in [4.78, 5) is 58.0. The second-order valence-electron chi connectivity index (χ2n) is 2.23. The molecule has 0 spiro atoms. The molecule has 0 heterocycles. The van der Waals surface area contributed by atoms with E-state index in [9.17, 15) is 0 Å². The van der Waals surface area contributed by atoms with Crippen LogP contribution in [0.4, 0.5) is 0 Å². The van der Waals surface area contributed by atoms with E-state index in [2.05, 4.69) is 73.4 Å². The number of halogens is 4. The molecule has 272 valence electrons. The van der Waals surface area contributed by atoms with Crippen LogP contribution in [0.1, 0.15) is 0 Å². The second kappa shape index (κ2) is 676. The third-order valence-corrected chi connectivity index (χ3v) is 1.73. The van der Waals surface area contributed by atoms with E-state index in [1.54, 1.807) is 0 Å². The summed E-state index contributed by atoms with van der Waals surface area (Å²) < 4.78 is 0. The molecule has 42 heavy (non-hydrogen) atoms. The Morgan fingerprint density at radius 1 is 0.310 bits per heavy atom. The third kappa shape index (κ3) is 1560. The van der Waals surface area contributed by atoms with E-state index < -0.39 is 0 Å². The van der Waals surface area contributed by atoms with E-state index in [1.807, 2.05) is 0 Å². The average Bonchev–Trinajstić information content (AvgIpc) is 2.97. The molecule has 0 atom stereocenters. The van der Waals surface area contributed by atoms with Crippen molar-refractivity contribution in [3.63, 3.8) is 0 Å². The average molecular weight is 1320 g/mol. The van der Waals surface area contributed by atoms with Gasteiger partial charge in [0.1, 0.15) is 44.8 Å². The fourth-order valence-corrected chi connectivity index (χ4v) is 0. The van der Waals surface area contributed by atoms with E-state index in [4.69, 9.17) is 84.0 Å². The van der Waals surface area contributed by atoms with Gasteiger partial charge in [0.25, 0.3) is 0 Å². The molecule has 16 N–H and O–H groups in total. The van der Waals surface area contributed by atoms with Crippen molar-refractivity contribution in [3.05, 3.63) is 39.3 Å². The van der Waals surface area contributed by atoms with Crippen molar-refractivity contribution in [2.24, 2.45) is 0 Å². The van der Waals surface area contributed by atoms with Crippen LogP contribution in [0.3, 0.4) is 0 Å². The molecule has 22 nitrogen and oxygen atoms in total. The van der Waals surface area contributed by atoms with Crippen LogP contribution in [0, 0.1) is 39.3 Å². The zero-order valence-electron chi connectivity index (χ0n) is 20.9. The Morgan fingerprint density at radius 3 is 0.333 bits per heavy atom. The smallest absolute Gasteiger partial charge is 0.120 e. The van der Waals surface area contributed by atoms with Crippen molar-refractivity contribution in [1.82, 2.24) is 44.8 Å². The summed E-state index contributed by atoms with van der Waals surface area (Å²) in [6, 6.07) is 0. The van der Waals surface area contributed by atoms with Gasteiger partial charge in [0.15, 0.2) is 0 Å². The Morgan fingerprint density at radius 2 is 0.333 bits per heavy atom. The van der Waals surface area contributed by atoms with Crippen molar-refractivity contribution in [2.45, 2.75) is 0 Å². The molecule has 8 radical (unpaired) electrons. The third-order valence-electron chi connectivity index (χ3n) is 0.577. The molecule has 0 saturated carbocycles. The first-order valence-electron chi connectivity index (χ1n) is 6.62. The monoisotopic (exact) mass is 1320 g/mol. The molecule has 0 aliphatic carbocycles. The van der Waals surface area contributed by atoms with Gasteiger partial charge >= 0.3 is 0 Å². The van der Waals surface area contributed by atoms with Crippen molar-refractivity contribution < 1.29 is 198 Å². The minimum Gasteiger partial charge on any atom is -1.00 e. The van der Waals surface area contributed by atoms with Crippen LogP contribution in [0.25, 0.3) is 0 Å². The van der Waals surface area contributed by atoms with Gasteiger partial charge < -0.3 is 180 Å². The first-order chi connectivity index (χ1) is 15.7. The van der Waals surface area contributed by atoms with Crippen molar-refractivity contribution in [1.29, 1.82) is 0 Å². The van der Waals surface area contributed by atoms with Crippen molar-refractivity contribution >= 4 is 50.5 Å². The van der Waals surface area contributed by atoms with Gasteiger partial charge in [-0.3, -0.25) is 0 Å². The second-order valence-corrected chi connectivity index (χ2v) is 3.86. The number of quaternary nitrogens is 4. The maximum atomic E-state index is 7.25. The van der Waals surface area contributed by atoms with Crippen LogP contribution in [0.5, 0.6) is 0 Å². The molecule has 0 aliphatic heterocycles. The number of hydrogen-bond acceptors (Lipinski definition) is 12. The van der Waals surface area contributed by atoms with E-state index in [1.165, 1.54) is 0 Å². The molecular formula is C8H32Fe4I4N12O10S4-4. The van der Waals surface area contributed by atoms with Gasteiger partial charge in [-0.15, -0.1) is 62.3 Å². The quantitative estimate of drug-likeness (QED) is 0.116. The molecule has 34 heteroatoms. The zero-order chi connectivity index (χ0) is 29.7. The molecule has 0 saturated heterocycles. The Balaban J connectivity index is -0.00000000516. The molecule has 0 aromatic heterocycles. The predicted octanol–water partition coefficient (Wildman–Crippen LogP) is -22.1. The van der Waals surface area contributed by atoms with E-state index in [-0.39, 0.29) is 175 Å². The largest absolute Gasteiger partial charge is 1.00 e. The first-order valence-corrected chi connectivity index (χ1v) is 8.92. The van der Waals surface area contributed by atoms with Gasteiger partial charge in [0.05, 0.1) is 26.2 Å². The molecule has 0 bridgehead atoms.